The number of benzene rings is 1. The van der Waals surface area contributed by atoms with Crippen LogP contribution in [0.25, 0.3) is 11.3 Å². The van der Waals surface area contributed by atoms with Gasteiger partial charge < -0.3 is 10.5 Å². The highest BCUT2D eigenvalue weighted by molar-refractivity contribution is 7.14. The van der Waals surface area contributed by atoms with Crippen molar-refractivity contribution in [2.75, 3.05) is 24.8 Å². The van der Waals surface area contributed by atoms with E-state index in [-0.39, 0.29) is 12.5 Å². The fourth-order valence-electron chi connectivity index (χ4n) is 1.45. The molecule has 1 aromatic carbocycles. The van der Waals surface area contributed by atoms with Crippen molar-refractivity contribution in [1.29, 1.82) is 0 Å². The van der Waals surface area contributed by atoms with E-state index in [9.17, 15) is 4.79 Å². The van der Waals surface area contributed by atoms with Gasteiger partial charge >= 0.3 is 0 Å². The van der Waals surface area contributed by atoms with Crippen molar-refractivity contribution in [2.24, 2.45) is 0 Å². The fourth-order valence-corrected chi connectivity index (χ4v) is 2.18. The van der Waals surface area contributed by atoms with Crippen molar-refractivity contribution >= 4 is 28.1 Å². The van der Waals surface area contributed by atoms with E-state index < -0.39 is 0 Å². The van der Waals surface area contributed by atoms with Crippen LogP contribution >= 0.6 is 11.3 Å². The molecule has 0 saturated heterocycles. The average molecular weight is 263 g/mol. The zero-order valence-corrected chi connectivity index (χ0v) is 10.7. The summed E-state index contributed by atoms with van der Waals surface area (Å²) < 4.78 is 4.73. The van der Waals surface area contributed by atoms with Crippen LogP contribution in [-0.4, -0.2) is 24.6 Å². The molecule has 0 unspecified atom stereocenters. The summed E-state index contributed by atoms with van der Waals surface area (Å²) in [5.41, 5.74) is 8.12. The van der Waals surface area contributed by atoms with Crippen LogP contribution in [0.4, 0.5) is 10.8 Å². The second kappa shape index (κ2) is 5.61. The highest BCUT2D eigenvalue weighted by Crippen LogP contribution is 2.25. The minimum atomic E-state index is -0.217. The molecule has 0 radical (unpaired) electrons. The Bertz CT molecular complexity index is 554. The maximum Gasteiger partial charge on any atom is 0.252 e. The molecule has 0 saturated carbocycles. The Balaban J connectivity index is 2.13. The van der Waals surface area contributed by atoms with Gasteiger partial charge in [-0.3, -0.25) is 10.1 Å². The molecule has 0 aliphatic rings. The quantitative estimate of drug-likeness (QED) is 0.827. The minimum absolute atomic E-state index is 0.0210. The SMILES string of the molecule is COCC(=O)Nc1nc(-c2cccc(N)c2)cs1. The van der Waals surface area contributed by atoms with E-state index in [1.807, 2.05) is 29.6 Å². The molecule has 0 aliphatic heterocycles. The lowest BCUT2D eigenvalue weighted by molar-refractivity contribution is -0.119. The number of carbonyl (C=O) groups is 1. The first-order valence-electron chi connectivity index (χ1n) is 5.29. The Kier molecular flexibility index (Phi) is 3.91. The van der Waals surface area contributed by atoms with E-state index in [4.69, 9.17) is 10.5 Å². The third-order valence-corrected chi connectivity index (χ3v) is 2.97. The second-order valence-corrected chi connectivity index (χ2v) is 4.50. The lowest BCUT2D eigenvalue weighted by atomic mass is 10.1. The van der Waals surface area contributed by atoms with Gasteiger partial charge in [0.05, 0.1) is 5.69 Å². The number of nitrogens with one attached hydrogen (secondary N) is 1. The molecule has 18 heavy (non-hydrogen) atoms. The van der Waals surface area contributed by atoms with Crippen molar-refractivity contribution in [3.8, 4) is 11.3 Å². The topological polar surface area (TPSA) is 77.2 Å². The molecule has 6 heteroatoms. The summed E-state index contributed by atoms with van der Waals surface area (Å²) in [7, 11) is 1.47. The fraction of sp³-hybridized carbons (Fsp3) is 0.167. The summed E-state index contributed by atoms with van der Waals surface area (Å²) in [5, 5.41) is 5.08. The third-order valence-electron chi connectivity index (χ3n) is 2.21. The molecule has 1 heterocycles. The smallest absolute Gasteiger partial charge is 0.252 e. The van der Waals surface area contributed by atoms with Gasteiger partial charge in [-0.25, -0.2) is 4.98 Å². The number of nitrogens with two attached hydrogens (primary N) is 1. The highest BCUT2D eigenvalue weighted by atomic mass is 32.1. The van der Waals surface area contributed by atoms with Crippen LogP contribution in [0.15, 0.2) is 29.6 Å². The van der Waals surface area contributed by atoms with E-state index in [0.717, 1.165) is 11.3 Å². The van der Waals surface area contributed by atoms with Crippen LogP contribution in [-0.2, 0) is 9.53 Å². The van der Waals surface area contributed by atoms with Crippen LogP contribution in [0.1, 0.15) is 0 Å². The predicted octanol–water partition coefficient (Wildman–Crippen LogP) is 1.98. The Morgan fingerprint density at radius 3 is 3.11 bits per heavy atom. The number of ether oxygens (including phenoxy) is 1. The van der Waals surface area contributed by atoms with Crippen LogP contribution in [0.5, 0.6) is 0 Å². The summed E-state index contributed by atoms with van der Waals surface area (Å²) in [6, 6.07) is 7.45. The Hall–Kier alpha value is -1.92. The van der Waals surface area contributed by atoms with Gasteiger partial charge in [0.2, 0.25) is 0 Å². The van der Waals surface area contributed by atoms with E-state index >= 15 is 0 Å². The third kappa shape index (κ3) is 3.06. The molecule has 1 aromatic heterocycles. The molecule has 2 aromatic rings. The molecule has 0 fully saturated rings. The zero-order chi connectivity index (χ0) is 13.0. The molecule has 0 spiro atoms. The van der Waals surface area contributed by atoms with Crippen molar-refractivity contribution < 1.29 is 9.53 Å². The van der Waals surface area contributed by atoms with Gasteiger partial charge in [0, 0.05) is 23.7 Å². The minimum Gasteiger partial charge on any atom is -0.399 e. The van der Waals surface area contributed by atoms with Crippen molar-refractivity contribution in [3.05, 3.63) is 29.6 Å². The molecule has 0 aliphatic carbocycles. The number of amides is 1. The predicted molar refractivity (Wildman–Crippen MR) is 72.5 cm³/mol. The number of thiazole rings is 1. The summed E-state index contributed by atoms with van der Waals surface area (Å²) in [5.74, 6) is -0.217. The molecule has 0 atom stereocenters. The number of hydrogen-bond acceptors (Lipinski definition) is 5. The number of carbonyl (C=O) groups excluding carboxylic acids is 1. The second-order valence-electron chi connectivity index (χ2n) is 3.64. The maximum atomic E-state index is 11.3. The number of hydrogen-bond donors (Lipinski definition) is 2. The van der Waals surface area contributed by atoms with Gasteiger partial charge in [-0.2, -0.15) is 0 Å². The summed E-state index contributed by atoms with van der Waals surface area (Å²) in [6.07, 6.45) is 0. The molecule has 3 N–H and O–H groups in total. The van der Waals surface area contributed by atoms with Gasteiger partial charge in [0.1, 0.15) is 6.61 Å². The number of rotatable bonds is 4. The first kappa shape index (κ1) is 12.5. The number of methoxy groups -OCH3 is 1. The van der Waals surface area contributed by atoms with Gasteiger partial charge in [0.25, 0.3) is 5.91 Å². The maximum absolute atomic E-state index is 11.3. The lowest BCUT2D eigenvalue weighted by Crippen LogP contribution is -2.16. The van der Waals surface area contributed by atoms with E-state index in [0.29, 0.717) is 10.8 Å². The van der Waals surface area contributed by atoms with E-state index in [1.54, 1.807) is 0 Å². The van der Waals surface area contributed by atoms with Crippen molar-refractivity contribution in [3.63, 3.8) is 0 Å². The molecule has 2 rings (SSSR count). The first-order valence-corrected chi connectivity index (χ1v) is 6.17. The Labute approximate surface area is 109 Å². The largest absolute Gasteiger partial charge is 0.399 e. The van der Waals surface area contributed by atoms with E-state index in [1.165, 1.54) is 18.4 Å². The van der Waals surface area contributed by atoms with Crippen molar-refractivity contribution in [2.45, 2.75) is 0 Å². The molecule has 0 bridgehead atoms. The Morgan fingerprint density at radius 2 is 2.39 bits per heavy atom. The molecule has 94 valence electrons. The lowest BCUT2D eigenvalue weighted by Gasteiger charge is -2.00. The normalized spacial score (nSPS) is 10.3. The van der Waals surface area contributed by atoms with Gasteiger partial charge in [-0.15, -0.1) is 11.3 Å². The molecule has 5 nitrogen and oxygen atoms in total. The molecule has 1 amide bonds. The van der Waals surface area contributed by atoms with Gasteiger partial charge in [-0.1, -0.05) is 12.1 Å². The highest BCUT2D eigenvalue weighted by Gasteiger charge is 2.07. The number of aromatic nitrogens is 1. The van der Waals surface area contributed by atoms with Crippen LogP contribution in [0.3, 0.4) is 0 Å². The Morgan fingerprint density at radius 1 is 1.56 bits per heavy atom. The summed E-state index contributed by atoms with van der Waals surface area (Å²) >= 11 is 1.36. The van der Waals surface area contributed by atoms with Crippen LogP contribution in [0.2, 0.25) is 0 Å². The average Bonchev–Trinajstić information content (AvgIpc) is 2.78. The number of nitrogens with zero attached hydrogens (tertiary/aromatic N) is 1. The number of nitrogen functional groups attached to an aromatic ring is 1. The molecular formula is C12H13N3O2S. The number of anilines is 2. The van der Waals surface area contributed by atoms with Crippen LogP contribution < -0.4 is 11.1 Å². The van der Waals surface area contributed by atoms with Crippen LogP contribution in [0, 0.1) is 0 Å². The van der Waals surface area contributed by atoms with Gasteiger partial charge in [0.15, 0.2) is 5.13 Å². The first-order chi connectivity index (χ1) is 8.69. The summed E-state index contributed by atoms with van der Waals surface area (Å²) in [6.45, 7) is 0.0210. The van der Waals surface area contributed by atoms with E-state index in [2.05, 4.69) is 10.3 Å². The monoisotopic (exact) mass is 263 g/mol. The summed E-state index contributed by atoms with van der Waals surface area (Å²) in [4.78, 5) is 15.6. The standard InChI is InChI=1S/C12H13N3O2S/c1-17-6-11(16)15-12-14-10(7-18-12)8-3-2-4-9(13)5-8/h2-5,7H,6,13H2,1H3,(H,14,15,16). The van der Waals surface area contributed by atoms with Gasteiger partial charge in [-0.05, 0) is 12.1 Å². The molecular weight excluding hydrogens is 250 g/mol. The van der Waals surface area contributed by atoms with Crippen molar-refractivity contribution in [1.82, 2.24) is 4.98 Å². The zero-order valence-electron chi connectivity index (χ0n) is 9.84.